The number of aromatic hydroxyl groups is 1. The second kappa shape index (κ2) is 8.22. The minimum Gasteiger partial charge on any atom is -0.507 e. The molecule has 0 saturated carbocycles. The molecule has 0 aliphatic heterocycles. The first kappa shape index (κ1) is 18.2. The number of nitrogens with one attached hydrogen (secondary N) is 2. The van der Waals surface area contributed by atoms with E-state index in [2.05, 4.69) is 20.5 Å². The van der Waals surface area contributed by atoms with E-state index in [9.17, 15) is 9.90 Å². The summed E-state index contributed by atoms with van der Waals surface area (Å²) in [5.74, 6) is -0.244. The molecule has 142 valence electrons. The molecule has 0 aliphatic rings. The van der Waals surface area contributed by atoms with Crippen LogP contribution in [0.15, 0.2) is 89.1 Å². The number of hydrogen-bond donors (Lipinski definition) is 3. The average molecular weight is 382 g/mol. The summed E-state index contributed by atoms with van der Waals surface area (Å²) >= 11 is 0. The maximum atomic E-state index is 12.2. The Morgan fingerprint density at radius 1 is 0.897 bits per heavy atom. The lowest BCUT2D eigenvalue weighted by Gasteiger charge is -2.01. The van der Waals surface area contributed by atoms with E-state index in [0.29, 0.717) is 11.1 Å². The zero-order valence-corrected chi connectivity index (χ0v) is 15.4. The normalized spacial score (nSPS) is 11.4. The molecule has 1 amide bonds. The molecule has 0 unspecified atom stereocenters. The highest BCUT2D eigenvalue weighted by molar-refractivity contribution is 6.00. The van der Waals surface area contributed by atoms with Gasteiger partial charge in [0.15, 0.2) is 0 Å². The SMILES string of the molecule is O=C(N/N=C/c1ccccc1O)c1ccc(N=Cc2c[nH]c3ccccc23)cc1. The number of carbonyl (C=O) groups is 1. The number of fused-ring (bicyclic) bond motifs is 1. The average Bonchev–Trinajstić information content (AvgIpc) is 3.17. The molecule has 6 heteroatoms. The van der Waals surface area contributed by atoms with Crippen LogP contribution in [0.4, 0.5) is 5.69 Å². The number of para-hydroxylation sites is 2. The van der Waals surface area contributed by atoms with Crippen molar-refractivity contribution in [2.24, 2.45) is 10.1 Å². The Morgan fingerprint density at radius 2 is 1.66 bits per heavy atom. The van der Waals surface area contributed by atoms with Gasteiger partial charge in [0.2, 0.25) is 0 Å². The number of hydrogen-bond acceptors (Lipinski definition) is 4. The Labute approximate surface area is 167 Å². The number of hydrazone groups is 1. The monoisotopic (exact) mass is 382 g/mol. The van der Waals surface area contributed by atoms with Crippen molar-refractivity contribution in [2.75, 3.05) is 0 Å². The zero-order chi connectivity index (χ0) is 20.1. The van der Waals surface area contributed by atoms with E-state index in [1.54, 1.807) is 54.7 Å². The van der Waals surface area contributed by atoms with E-state index >= 15 is 0 Å². The van der Waals surface area contributed by atoms with Gasteiger partial charge in [-0.05, 0) is 42.5 Å². The van der Waals surface area contributed by atoms with Gasteiger partial charge in [-0.15, -0.1) is 0 Å². The van der Waals surface area contributed by atoms with Crippen molar-refractivity contribution in [2.45, 2.75) is 0 Å². The molecule has 0 saturated heterocycles. The number of H-pyrrole nitrogens is 1. The molecule has 3 aromatic carbocycles. The third-order valence-corrected chi connectivity index (χ3v) is 4.41. The third-order valence-electron chi connectivity index (χ3n) is 4.41. The summed E-state index contributed by atoms with van der Waals surface area (Å²) in [6.07, 6.45) is 5.11. The van der Waals surface area contributed by atoms with Crippen LogP contribution in [0.5, 0.6) is 5.75 Å². The number of amides is 1. The van der Waals surface area contributed by atoms with Crippen LogP contribution in [0.2, 0.25) is 0 Å². The van der Waals surface area contributed by atoms with Gasteiger partial charge in [0.05, 0.1) is 11.9 Å². The Balaban J connectivity index is 1.41. The number of benzene rings is 3. The van der Waals surface area contributed by atoms with E-state index in [1.165, 1.54) is 6.21 Å². The molecule has 1 aromatic heterocycles. The van der Waals surface area contributed by atoms with Crippen LogP contribution in [0.1, 0.15) is 21.5 Å². The lowest BCUT2D eigenvalue weighted by Crippen LogP contribution is -2.17. The van der Waals surface area contributed by atoms with Crippen LogP contribution in [0.25, 0.3) is 10.9 Å². The lowest BCUT2D eigenvalue weighted by atomic mass is 10.2. The van der Waals surface area contributed by atoms with Gasteiger partial charge < -0.3 is 10.1 Å². The number of rotatable bonds is 5. The molecule has 4 aromatic rings. The smallest absolute Gasteiger partial charge is 0.271 e. The summed E-state index contributed by atoms with van der Waals surface area (Å²) in [5, 5.41) is 14.7. The summed E-state index contributed by atoms with van der Waals surface area (Å²) in [5.41, 5.74) is 6.23. The fraction of sp³-hybridized carbons (Fsp3) is 0. The number of phenolic OH excluding ortho intramolecular Hbond substituents is 1. The lowest BCUT2D eigenvalue weighted by molar-refractivity contribution is 0.0955. The fourth-order valence-electron chi connectivity index (χ4n) is 2.87. The molecule has 29 heavy (non-hydrogen) atoms. The minimum atomic E-state index is -0.344. The quantitative estimate of drug-likeness (QED) is 0.353. The molecule has 4 rings (SSSR count). The minimum absolute atomic E-state index is 0.0999. The number of aromatic amines is 1. The molecule has 0 fully saturated rings. The van der Waals surface area contributed by atoms with Crippen LogP contribution in [0, 0.1) is 0 Å². The second-order valence-corrected chi connectivity index (χ2v) is 6.35. The Bertz CT molecular complexity index is 1210. The van der Waals surface area contributed by atoms with Crippen molar-refractivity contribution in [1.82, 2.24) is 10.4 Å². The standard InChI is InChI=1S/C23H18N4O2/c28-22-8-4-1-5-17(22)15-26-27-23(29)16-9-11-19(12-10-16)24-13-18-14-25-21-7-3-2-6-20(18)21/h1-15,25,28H,(H,27,29)/b24-13?,26-15+. The van der Waals surface area contributed by atoms with Crippen LogP contribution in [-0.4, -0.2) is 28.4 Å². The summed E-state index contributed by atoms with van der Waals surface area (Å²) in [6.45, 7) is 0. The van der Waals surface area contributed by atoms with Gasteiger partial charge >= 0.3 is 0 Å². The van der Waals surface area contributed by atoms with Gasteiger partial charge in [0, 0.05) is 40.0 Å². The van der Waals surface area contributed by atoms with E-state index < -0.39 is 0 Å². The van der Waals surface area contributed by atoms with Crippen molar-refractivity contribution in [1.29, 1.82) is 0 Å². The van der Waals surface area contributed by atoms with Crippen molar-refractivity contribution in [3.63, 3.8) is 0 Å². The van der Waals surface area contributed by atoms with Crippen LogP contribution >= 0.6 is 0 Å². The first-order valence-electron chi connectivity index (χ1n) is 9.02. The molecule has 0 aliphatic carbocycles. The summed E-state index contributed by atoms with van der Waals surface area (Å²) < 4.78 is 0. The molecule has 0 atom stereocenters. The highest BCUT2D eigenvalue weighted by Gasteiger charge is 2.04. The predicted molar refractivity (Wildman–Crippen MR) is 115 cm³/mol. The van der Waals surface area contributed by atoms with E-state index in [0.717, 1.165) is 22.2 Å². The van der Waals surface area contributed by atoms with Gasteiger partial charge in [0.1, 0.15) is 5.75 Å². The van der Waals surface area contributed by atoms with E-state index in [-0.39, 0.29) is 11.7 Å². The number of aliphatic imine (C=N–C) groups is 1. The van der Waals surface area contributed by atoms with Crippen molar-refractivity contribution < 1.29 is 9.90 Å². The first-order valence-corrected chi connectivity index (χ1v) is 9.02. The highest BCUT2D eigenvalue weighted by atomic mass is 16.3. The Hall–Kier alpha value is -4.19. The maximum Gasteiger partial charge on any atom is 0.271 e. The zero-order valence-electron chi connectivity index (χ0n) is 15.4. The van der Waals surface area contributed by atoms with Gasteiger partial charge in [-0.3, -0.25) is 9.79 Å². The molecular formula is C23H18N4O2. The third kappa shape index (κ3) is 4.22. The number of aromatic nitrogens is 1. The molecule has 0 spiro atoms. The van der Waals surface area contributed by atoms with Crippen molar-refractivity contribution >= 4 is 34.9 Å². The predicted octanol–water partition coefficient (Wildman–Crippen LogP) is 4.39. The number of carbonyl (C=O) groups excluding carboxylic acids is 1. The fourth-order valence-corrected chi connectivity index (χ4v) is 2.87. The van der Waals surface area contributed by atoms with Gasteiger partial charge in [-0.25, -0.2) is 5.43 Å². The number of phenols is 1. The summed E-state index contributed by atoms with van der Waals surface area (Å²) in [4.78, 5) is 19.9. The van der Waals surface area contributed by atoms with Crippen molar-refractivity contribution in [3.05, 3.63) is 95.7 Å². The molecule has 3 N–H and O–H groups in total. The van der Waals surface area contributed by atoms with E-state index in [4.69, 9.17) is 0 Å². The van der Waals surface area contributed by atoms with Gasteiger partial charge in [-0.2, -0.15) is 5.10 Å². The highest BCUT2D eigenvalue weighted by Crippen LogP contribution is 2.18. The summed E-state index contributed by atoms with van der Waals surface area (Å²) in [7, 11) is 0. The Kier molecular flexibility index (Phi) is 5.16. The van der Waals surface area contributed by atoms with Crippen molar-refractivity contribution in [3.8, 4) is 5.75 Å². The molecule has 6 nitrogen and oxygen atoms in total. The van der Waals surface area contributed by atoms with Crippen LogP contribution < -0.4 is 5.43 Å². The second-order valence-electron chi connectivity index (χ2n) is 6.35. The van der Waals surface area contributed by atoms with Gasteiger partial charge in [-0.1, -0.05) is 30.3 Å². The summed E-state index contributed by atoms with van der Waals surface area (Å²) in [6, 6.07) is 21.7. The van der Waals surface area contributed by atoms with E-state index in [1.807, 2.05) is 30.5 Å². The largest absolute Gasteiger partial charge is 0.507 e. The Morgan fingerprint density at radius 3 is 2.48 bits per heavy atom. The molecular weight excluding hydrogens is 364 g/mol. The molecule has 1 heterocycles. The van der Waals surface area contributed by atoms with Crippen LogP contribution in [0.3, 0.4) is 0 Å². The molecule has 0 radical (unpaired) electrons. The molecule has 0 bridgehead atoms. The van der Waals surface area contributed by atoms with Gasteiger partial charge in [0.25, 0.3) is 5.91 Å². The number of nitrogens with zero attached hydrogens (tertiary/aromatic N) is 2. The maximum absolute atomic E-state index is 12.2. The first-order chi connectivity index (χ1) is 14.2. The van der Waals surface area contributed by atoms with Crippen LogP contribution in [-0.2, 0) is 0 Å². The topological polar surface area (TPSA) is 89.8 Å².